The highest BCUT2D eigenvalue weighted by Gasteiger charge is 2.31. The lowest BCUT2D eigenvalue weighted by Gasteiger charge is -2.38. The van der Waals surface area contributed by atoms with Gasteiger partial charge in [-0.1, -0.05) is 35.5 Å². The predicted octanol–water partition coefficient (Wildman–Crippen LogP) is 2.79. The van der Waals surface area contributed by atoms with E-state index in [1.807, 2.05) is 35.2 Å². The molecular formula is C20H29Cl2N5O2. The Balaban J connectivity index is 0.00000150. The van der Waals surface area contributed by atoms with Crippen molar-refractivity contribution < 1.29 is 9.32 Å². The van der Waals surface area contributed by atoms with Gasteiger partial charge in [0.2, 0.25) is 17.6 Å². The fourth-order valence-corrected chi connectivity index (χ4v) is 3.92. The molecule has 3 heterocycles. The van der Waals surface area contributed by atoms with Crippen molar-refractivity contribution in [3.63, 3.8) is 0 Å². The summed E-state index contributed by atoms with van der Waals surface area (Å²) in [6, 6.07) is 9.90. The lowest BCUT2D eigenvalue weighted by atomic mass is 9.98. The number of amides is 1. The number of halogens is 2. The molecule has 1 amide bonds. The van der Waals surface area contributed by atoms with Crippen LogP contribution in [0.2, 0.25) is 0 Å². The highest BCUT2D eigenvalue weighted by Crippen LogP contribution is 2.24. The first-order valence-corrected chi connectivity index (χ1v) is 9.85. The van der Waals surface area contributed by atoms with Gasteiger partial charge in [-0.05, 0) is 26.3 Å². The molecule has 9 heteroatoms. The number of rotatable bonds is 4. The second-order valence-electron chi connectivity index (χ2n) is 7.40. The van der Waals surface area contributed by atoms with E-state index in [0.717, 1.165) is 57.7 Å². The van der Waals surface area contributed by atoms with Gasteiger partial charge in [-0.25, -0.2) is 0 Å². The summed E-state index contributed by atoms with van der Waals surface area (Å²) in [7, 11) is 0. The quantitative estimate of drug-likeness (QED) is 0.785. The van der Waals surface area contributed by atoms with E-state index >= 15 is 0 Å². The van der Waals surface area contributed by atoms with Crippen molar-refractivity contribution in [2.75, 3.05) is 39.3 Å². The summed E-state index contributed by atoms with van der Waals surface area (Å²) in [6.07, 6.45) is 2.10. The van der Waals surface area contributed by atoms with Crippen LogP contribution in [0.1, 0.15) is 31.7 Å². The molecule has 4 rings (SSSR count). The smallest absolute Gasteiger partial charge is 0.244 e. The lowest BCUT2D eigenvalue weighted by molar-refractivity contribution is -0.138. The molecule has 0 aliphatic carbocycles. The molecule has 2 aromatic rings. The Morgan fingerprint density at radius 2 is 1.90 bits per heavy atom. The molecule has 0 bridgehead atoms. The number of benzene rings is 1. The number of hydrogen-bond donors (Lipinski definition) is 1. The number of aromatic nitrogens is 2. The molecule has 1 aromatic carbocycles. The van der Waals surface area contributed by atoms with Crippen molar-refractivity contribution in [3.8, 4) is 11.4 Å². The van der Waals surface area contributed by atoms with E-state index in [0.29, 0.717) is 17.6 Å². The zero-order valence-electron chi connectivity index (χ0n) is 16.6. The number of nitrogens with one attached hydrogen (secondary N) is 1. The van der Waals surface area contributed by atoms with Crippen molar-refractivity contribution in [2.45, 2.75) is 25.8 Å². The number of hydrogen-bond acceptors (Lipinski definition) is 6. The number of piperidine rings is 1. The molecule has 1 aromatic heterocycles. The molecule has 29 heavy (non-hydrogen) atoms. The monoisotopic (exact) mass is 441 g/mol. The minimum absolute atomic E-state index is 0. The number of piperazine rings is 1. The van der Waals surface area contributed by atoms with Crippen molar-refractivity contribution in [1.82, 2.24) is 25.3 Å². The topological polar surface area (TPSA) is 74.5 Å². The van der Waals surface area contributed by atoms with Crippen LogP contribution in [0.3, 0.4) is 0 Å². The molecule has 160 valence electrons. The molecule has 0 radical (unpaired) electrons. The second kappa shape index (κ2) is 10.9. The molecule has 2 atom stereocenters. The van der Waals surface area contributed by atoms with Crippen molar-refractivity contribution >= 4 is 30.7 Å². The first-order valence-electron chi connectivity index (χ1n) is 9.85. The molecule has 7 nitrogen and oxygen atoms in total. The summed E-state index contributed by atoms with van der Waals surface area (Å²) in [5.74, 6) is 1.70. The highest BCUT2D eigenvalue weighted by atomic mass is 35.5. The van der Waals surface area contributed by atoms with Gasteiger partial charge in [0.25, 0.3) is 0 Å². The summed E-state index contributed by atoms with van der Waals surface area (Å²) in [5.41, 5.74) is 0.955. The van der Waals surface area contributed by atoms with Crippen LogP contribution in [0.5, 0.6) is 0 Å². The maximum Gasteiger partial charge on any atom is 0.244 e. The number of carbonyl (C=O) groups excluding carboxylic acids is 1. The molecule has 1 N–H and O–H groups in total. The summed E-state index contributed by atoms with van der Waals surface area (Å²) >= 11 is 0. The van der Waals surface area contributed by atoms with E-state index in [1.165, 1.54) is 0 Å². The van der Waals surface area contributed by atoms with Gasteiger partial charge in [0.1, 0.15) is 0 Å². The van der Waals surface area contributed by atoms with Crippen LogP contribution in [0.15, 0.2) is 34.9 Å². The zero-order valence-corrected chi connectivity index (χ0v) is 18.3. The zero-order chi connectivity index (χ0) is 18.6. The van der Waals surface area contributed by atoms with E-state index in [2.05, 4.69) is 27.3 Å². The molecular weight excluding hydrogens is 413 g/mol. The molecule has 0 saturated carbocycles. The second-order valence-corrected chi connectivity index (χ2v) is 7.40. The van der Waals surface area contributed by atoms with Crippen molar-refractivity contribution in [1.29, 1.82) is 0 Å². The van der Waals surface area contributed by atoms with Crippen molar-refractivity contribution in [3.05, 3.63) is 36.2 Å². The fourth-order valence-electron chi connectivity index (χ4n) is 3.92. The van der Waals surface area contributed by atoms with Gasteiger partial charge >= 0.3 is 0 Å². The summed E-state index contributed by atoms with van der Waals surface area (Å²) in [4.78, 5) is 21.6. The Morgan fingerprint density at radius 3 is 2.55 bits per heavy atom. The average molecular weight is 442 g/mol. The van der Waals surface area contributed by atoms with E-state index in [9.17, 15) is 4.79 Å². The lowest BCUT2D eigenvalue weighted by Crippen LogP contribution is -2.52. The SMILES string of the molecule is CC(c1nc(-c2ccccc2)no1)N1CCN(C(=O)C2CCCNC2)CC1.Cl.Cl. The highest BCUT2D eigenvalue weighted by molar-refractivity contribution is 5.85. The Hall–Kier alpha value is -1.67. The minimum Gasteiger partial charge on any atom is -0.340 e. The maximum absolute atomic E-state index is 12.7. The first-order chi connectivity index (χ1) is 13.2. The predicted molar refractivity (Wildman–Crippen MR) is 116 cm³/mol. The summed E-state index contributed by atoms with van der Waals surface area (Å²) in [6.45, 7) is 7.12. The number of carbonyl (C=O) groups is 1. The maximum atomic E-state index is 12.7. The third kappa shape index (κ3) is 5.48. The van der Waals surface area contributed by atoms with Crippen LogP contribution in [-0.4, -0.2) is 65.1 Å². The largest absolute Gasteiger partial charge is 0.340 e. The van der Waals surface area contributed by atoms with E-state index in [4.69, 9.17) is 4.52 Å². The van der Waals surface area contributed by atoms with Crippen molar-refractivity contribution in [2.24, 2.45) is 5.92 Å². The Kier molecular flexibility index (Phi) is 8.89. The molecule has 2 aliphatic rings. The minimum atomic E-state index is 0. The Labute approximate surface area is 184 Å². The van der Waals surface area contributed by atoms with Gasteiger partial charge in [-0.3, -0.25) is 9.69 Å². The molecule has 0 spiro atoms. The van der Waals surface area contributed by atoms with E-state index < -0.39 is 0 Å². The van der Waals surface area contributed by atoms with E-state index in [1.54, 1.807) is 0 Å². The Morgan fingerprint density at radius 1 is 1.17 bits per heavy atom. The van der Waals surface area contributed by atoms with Gasteiger partial charge in [0.05, 0.1) is 12.0 Å². The first kappa shape index (κ1) is 23.6. The van der Waals surface area contributed by atoms with Gasteiger partial charge < -0.3 is 14.7 Å². The molecule has 2 aliphatic heterocycles. The molecule has 2 fully saturated rings. The normalized spacial score (nSPS) is 21.0. The Bertz CT molecular complexity index is 759. The van der Waals surface area contributed by atoms with Gasteiger partial charge in [-0.15, -0.1) is 24.8 Å². The molecule has 2 unspecified atom stereocenters. The standard InChI is InChI=1S/C20H27N5O2.2ClH/c1-15(19-22-18(23-27-19)16-6-3-2-4-7-16)24-10-12-25(13-11-24)20(26)17-8-5-9-21-14-17;;/h2-4,6-7,15,17,21H,5,8-14H2,1H3;2*1H. The van der Waals surface area contributed by atoms with Gasteiger partial charge in [0.15, 0.2) is 0 Å². The summed E-state index contributed by atoms with van der Waals surface area (Å²) < 4.78 is 5.51. The fraction of sp³-hybridized carbons (Fsp3) is 0.550. The summed E-state index contributed by atoms with van der Waals surface area (Å²) in [5, 5.41) is 7.46. The van der Waals surface area contributed by atoms with Crippen LogP contribution < -0.4 is 5.32 Å². The molecule has 2 saturated heterocycles. The number of nitrogens with zero attached hydrogens (tertiary/aromatic N) is 4. The van der Waals surface area contributed by atoms with Crippen LogP contribution in [0.25, 0.3) is 11.4 Å². The van der Waals surface area contributed by atoms with E-state index in [-0.39, 0.29) is 36.8 Å². The average Bonchev–Trinajstić information content (AvgIpc) is 3.24. The van der Waals surface area contributed by atoms with Gasteiger partial charge in [0, 0.05) is 38.3 Å². The van der Waals surface area contributed by atoms with Crippen LogP contribution in [0, 0.1) is 5.92 Å². The van der Waals surface area contributed by atoms with Crippen LogP contribution in [-0.2, 0) is 4.79 Å². The third-order valence-electron chi connectivity index (χ3n) is 5.65. The van der Waals surface area contributed by atoms with Gasteiger partial charge in [-0.2, -0.15) is 4.98 Å². The van der Waals surface area contributed by atoms with Crippen LogP contribution in [0.4, 0.5) is 0 Å². The van der Waals surface area contributed by atoms with Crippen LogP contribution >= 0.6 is 24.8 Å². The third-order valence-corrected chi connectivity index (χ3v) is 5.65.